The molecule has 1 aromatic carbocycles. The number of benzene rings is 1. The minimum Gasteiger partial charge on any atom is -0.316 e. The van der Waals surface area contributed by atoms with Crippen LogP contribution in [0.25, 0.3) is 10.9 Å². The summed E-state index contributed by atoms with van der Waals surface area (Å²) in [6, 6.07) is 5.41. The van der Waals surface area contributed by atoms with Crippen molar-refractivity contribution in [1.29, 1.82) is 0 Å². The zero-order valence-corrected chi connectivity index (χ0v) is 8.95. The van der Waals surface area contributed by atoms with Crippen LogP contribution in [-0.4, -0.2) is 10.3 Å². The van der Waals surface area contributed by atoms with Crippen LogP contribution in [0.15, 0.2) is 18.2 Å². The van der Waals surface area contributed by atoms with Gasteiger partial charge >= 0.3 is 0 Å². The second kappa shape index (κ2) is 3.55. The van der Waals surface area contributed by atoms with Gasteiger partial charge in [-0.05, 0) is 29.7 Å². The van der Waals surface area contributed by atoms with Gasteiger partial charge in [0.15, 0.2) is 0 Å². The number of hydrogen-bond donors (Lipinski definition) is 1. The van der Waals surface area contributed by atoms with Gasteiger partial charge in [0, 0.05) is 17.3 Å². The van der Waals surface area contributed by atoms with Gasteiger partial charge in [-0.2, -0.15) is 4.37 Å². The number of carbonyl (C=O) groups excluding carboxylic acids is 1. The second-order valence-corrected chi connectivity index (χ2v) is 4.06. The average molecular weight is 227 g/mol. The molecule has 0 saturated heterocycles. The largest absolute Gasteiger partial charge is 0.316 e. The molecule has 1 aromatic heterocycles. The van der Waals surface area contributed by atoms with Gasteiger partial charge in [-0.25, -0.2) is 0 Å². The van der Waals surface area contributed by atoms with Crippen LogP contribution in [0, 0.1) is 0 Å². The molecule has 0 saturated carbocycles. The highest BCUT2D eigenvalue weighted by Gasteiger charge is 2.06. The standard InChI is InChI=1S/C9H7ClN2OS/c1-5(13)11-9-7-4-6(10)2-3-8(7)12-14-9/h2-4H,1H3,(H,11,13). The molecule has 1 heterocycles. The third kappa shape index (κ3) is 1.71. The molecule has 72 valence electrons. The first-order chi connectivity index (χ1) is 6.66. The van der Waals surface area contributed by atoms with Crippen molar-refractivity contribution in [3.63, 3.8) is 0 Å². The van der Waals surface area contributed by atoms with Crippen molar-refractivity contribution in [2.24, 2.45) is 0 Å². The van der Waals surface area contributed by atoms with Gasteiger partial charge in [0.2, 0.25) is 5.91 Å². The van der Waals surface area contributed by atoms with Crippen LogP contribution >= 0.6 is 23.1 Å². The molecule has 1 N–H and O–H groups in total. The molecule has 0 aliphatic rings. The second-order valence-electron chi connectivity index (χ2n) is 2.85. The predicted molar refractivity (Wildman–Crippen MR) is 58.9 cm³/mol. The van der Waals surface area contributed by atoms with Crippen molar-refractivity contribution < 1.29 is 4.79 Å². The number of anilines is 1. The smallest absolute Gasteiger partial charge is 0.221 e. The molecule has 3 nitrogen and oxygen atoms in total. The van der Waals surface area contributed by atoms with Crippen molar-refractivity contribution in [2.75, 3.05) is 5.32 Å². The number of halogens is 1. The monoisotopic (exact) mass is 226 g/mol. The van der Waals surface area contributed by atoms with E-state index >= 15 is 0 Å². The number of fused-ring (bicyclic) bond motifs is 1. The average Bonchev–Trinajstić information content (AvgIpc) is 2.47. The third-order valence-electron chi connectivity index (χ3n) is 1.73. The van der Waals surface area contributed by atoms with Crippen molar-refractivity contribution in [3.05, 3.63) is 23.2 Å². The van der Waals surface area contributed by atoms with Crippen LogP contribution in [0.3, 0.4) is 0 Å². The summed E-state index contributed by atoms with van der Waals surface area (Å²) in [5.41, 5.74) is 0.850. The summed E-state index contributed by atoms with van der Waals surface area (Å²) in [7, 11) is 0. The molecule has 0 unspecified atom stereocenters. The van der Waals surface area contributed by atoms with Gasteiger partial charge in [0.25, 0.3) is 0 Å². The van der Waals surface area contributed by atoms with Crippen LogP contribution < -0.4 is 5.32 Å². The minimum atomic E-state index is -0.101. The molecule has 0 spiro atoms. The lowest BCUT2D eigenvalue weighted by molar-refractivity contribution is -0.114. The van der Waals surface area contributed by atoms with Crippen LogP contribution in [-0.2, 0) is 4.79 Å². The SMILES string of the molecule is CC(=O)Nc1snc2ccc(Cl)cc12. The maximum absolute atomic E-state index is 10.9. The van der Waals surface area contributed by atoms with E-state index in [1.54, 1.807) is 12.1 Å². The Labute approximate surface area is 89.9 Å². The van der Waals surface area contributed by atoms with Crippen LogP contribution in [0.1, 0.15) is 6.92 Å². The van der Waals surface area contributed by atoms with Gasteiger partial charge in [0.1, 0.15) is 5.00 Å². The predicted octanol–water partition coefficient (Wildman–Crippen LogP) is 2.91. The van der Waals surface area contributed by atoms with E-state index in [4.69, 9.17) is 11.6 Å². The Kier molecular flexibility index (Phi) is 2.39. The summed E-state index contributed by atoms with van der Waals surface area (Å²) >= 11 is 7.11. The van der Waals surface area contributed by atoms with Gasteiger partial charge < -0.3 is 5.32 Å². The summed E-state index contributed by atoms with van der Waals surface area (Å²) in [5.74, 6) is -0.101. The Bertz CT molecular complexity index is 495. The zero-order chi connectivity index (χ0) is 10.1. The van der Waals surface area contributed by atoms with E-state index in [2.05, 4.69) is 9.69 Å². The Morgan fingerprint density at radius 2 is 2.36 bits per heavy atom. The molecular weight excluding hydrogens is 220 g/mol. The first-order valence-electron chi connectivity index (χ1n) is 3.99. The lowest BCUT2D eigenvalue weighted by Gasteiger charge is -1.97. The normalized spacial score (nSPS) is 10.4. The number of nitrogens with one attached hydrogen (secondary N) is 1. The number of carbonyl (C=O) groups is 1. The Balaban J connectivity index is 2.55. The molecular formula is C9H7ClN2OS. The highest BCUT2D eigenvalue weighted by molar-refractivity contribution is 7.12. The maximum atomic E-state index is 10.9. The molecule has 1 amide bonds. The van der Waals surface area contributed by atoms with Gasteiger partial charge in [-0.3, -0.25) is 4.79 Å². The molecule has 0 bridgehead atoms. The van der Waals surface area contributed by atoms with Crippen LogP contribution in [0.4, 0.5) is 5.00 Å². The molecule has 2 aromatic rings. The highest BCUT2D eigenvalue weighted by Crippen LogP contribution is 2.29. The quantitative estimate of drug-likeness (QED) is 0.813. The topological polar surface area (TPSA) is 42.0 Å². The van der Waals surface area contributed by atoms with E-state index in [0.717, 1.165) is 15.9 Å². The minimum absolute atomic E-state index is 0.101. The lowest BCUT2D eigenvalue weighted by atomic mass is 10.2. The van der Waals surface area contributed by atoms with Gasteiger partial charge in [-0.15, -0.1) is 0 Å². The number of amides is 1. The van der Waals surface area contributed by atoms with E-state index < -0.39 is 0 Å². The Hall–Kier alpha value is -1.13. The van der Waals surface area contributed by atoms with Crippen LogP contribution in [0.2, 0.25) is 5.02 Å². The summed E-state index contributed by atoms with van der Waals surface area (Å²) in [5, 5.41) is 4.99. The molecule has 0 radical (unpaired) electrons. The van der Waals surface area contributed by atoms with E-state index in [0.29, 0.717) is 5.02 Å². The highest BCUT2D eigenvalue weighted by atomic mass is 35.5. The van der Waals surface area contributed by atoms with Crippen molar-refractivity contribution in [1.82, 2.24) is 4.37 Å². The molecule has 0 aliphatic heterocycles. The van der Waals surface area contributed by atoms with E-state index in [-0.39, 0.29) is 5.91 Å². The Morgan fingerprint density at radius 1 is 1.57 bits per heavy atom. The molecule has 5 heteroatoms. The van der Waals surface area contributed by atoms with Gasteiger partial charge in [0.05, 0.1) is 5.52 Å². The molecule has 0 fully saturated rings. The number of aromatic nitrogens is 1. The Morgan fingerprint density at radius 3 is 3.07 bits per heavy atom. The number of hydrogen-bond acceptors (Lipinski definition) is 3. The molecule has 0 atom stereocenters. The number of rotatable bonds is 1. The maximum Gasteiger partial charge on any atom is 0.221 e. The van der Waals surface area contributed by atoms with Crippen LogP contribution in [0.5, 0.6) is 0 Å². The fourth-order valence-corrected chi connectivity index (χ4v) is 2.14. The fraction of sp³-hybridized carbons (Fsp3) is 0.111. The number of nitrogens with zero attached hydrogens (tertiary/aromatic N) is 1. The third-order valence-corrected chi connectivity index (χ3v) is 2.76. The summed E-state index contributed by atoms with van der Waals surface area (Å²) in [6.07, 6.45) is 0. The van der Waals surface area contributed by atoms with Crippen molar-refractivity contribution >= 4 is 44.9 Å². The summed E-state index contributed by atoms with van der Waals surface area (Å²) in [4.78, 5) is 10.9. The molecule has 0 aliphatic carbocycles. The molecule has 14 heavy (non-hydrogen) atoms. The van der Waals surface area contributed by atoms with E-state index in [9.17, 15) is 4.79 Å². The van der Waals surface area contributed by atoms with Gasteiger partial charge in [-0.1, -0.05) is 11.6 Å². The fourth-order valence-electron chi connectivity index (χ4n) is 1.16. The summed E-state index contributed by atoms with van der Waals surface area (Å²) in [6.45, 7) is 1.47. The lowest BCUT2D eigenvalue weighted by Crippen LogP contribution is -2.03. The first kappa shape index (κ1) is 9.43. The van der Waals surface area contributed by atoms with Crippen molar-refractivity contribution in [3.8, 4) is 0 Å². The first-order valence-corrected chi connectivity index (χ1v) is 5.14. The molecule has 2 rings (SSSR count). The van der Waals surface area contributed by atoms with E-state index in [1.165, 1.54) is 18.5 Å². The summed E-state index contributed by atoms with van der Waals surface area (Å²) < 4.78 is 4.18. The zero-order valence-electron chi connectivity index (χ0n) is 7.37. The van der Waals surface area contributed by atoms with E-state index in [1.807, 2.05) is 6.07 Å². The van der Waals surface area contributed by atoms with Crippen molar-refractivity contribution in [2.45, 2.75) is 6.92 Å².